The number of para-hydroxylation sites is 2. The van der Waals surface area contributed by atoms with E-state index in [-0.39, 0.29) is 5.78 Å². The number of hydrogen-bond acceptors (Lipinski definition) is 4. The fraction of sp³-hybridized carbons (Fsp3) is 0.208. The Morgan fingerprint density at radius 3 is 2.66 bits per heavy atom. The van der Waals surface area contributed by atoms with Gasteiger partial charge in [-0.15, -0.1) is 0 Å². The molecule has 144 valence electrons. The van der Waals surface area contributed by atoms with Crippen molar-refractivity contribution >= 4 is 34.2 Å². The molecule has 4 rings (SSSR count). The molecule has 0 spiro atoms. The van der Waals surface area contributed by atoms with Crippen molar-refractivity contribution in [3.8, 4) is 6.07 Å². The number of benzene rings is 2. The summed E-state index contributed by atoms with van der Waals surface area (Å²) in [6.07, 6.45) is 2.12. The molecule has 2 heterocycles. The van der Waals surface area contributed by atoms with Crippen LogP contribution in [0.4, 0.5) is 0 Å². The topological polar surface area (TPSA) is 58.2 Å². The van der Waals surface area contributed by atoms with E-state index in [0.717, 1.165) is 40.0 Å². The van der Waals surface area contributed by atoms with Crippen LogP contribution < -0.4 is 0 Å². The summed E-state index contributed by atoms with van der Waals surface area (Å²) in [5.41, 5.74) is 5.86. The van der Waals surface area contributed by atoms with Crippen molar-refractivity contribution in [2.45, 2.75) is 31.7 Å². The summed E-state index contributed by atoms with van der Waals surface area (Å²) in [4.78, 5) is 17.4. The number of fused-ring (bicyclic) bond motifs is 3. The minimum atomic E-state index is 0.0950. The van der Waals surface area contributed by atoms with Gasteiger partial charge >= 0.3 is 0 Å². The normalized spacial score (nSPS) is 11.1. The van der Waals surface area contributed by atoms with E-state index >= 15 is 0 Å². The summed E-state index contributed by atoms with van der Waals surface area (Å²) in [6, 6.07) is 20.0. The summed E-state index contributed by atoms with van der Waals surface area (Å²) in [6.45, 7) is 4.06. The summed E-state index contributed by atoms with van der Waals surface area (Å²) >= 11 is 1.48. The SMILES string of the molecule is CCCc1ccc(C(=O)CSc2cc(C)c(C#N)c3nc4ccccc4n23)cc1. The average Bonchev–Trinajstić information content (AvgIpc) is 3.12. The Hall–Kier alpha value is -3.10. The lowest BCUT2D eigenvalue weighted by Crippen LogP contribution is -2.04. The Morgan fingerprint density at radius 2 is 1.93 bits per heavy atom. The Bertz CT molecular complexity index is 1250. The number of ketones is 1. The van der Waals surface area contributed by atoms with E-state index in [1.54, 1.807) is 0 Å². The number of Topliss-reactive ketones (excluding diaryl/α,β-unsaturated/α-hetero) is 1. The molecule has 0 fully saturated rings. The summed E-state index contributed by atoms with van der Waals surface area (Å²) in [5, 5.41) is 10.5. The molecule has 0 bridgehead atoms. The molecule has 0 atom stereocenters. The maximum atomic E-state index is 12.7. The first-order valence-electron chi connectivity index (χ1n) is 9.68. The molecular weight excluding hydrogens is 378 g/mol. The van der Waals surface area contributed by atoms with Crippen molar-refractivity contribution in [2.75, 3.05) is 5.75 Å². The molecule has 2 aromatic carbocycles. The van der Waals surface area contributed by atoms with Crippen molar-refractivity contribution in [2.24, 2.45) is 0 Å². The van der Waals surface area contributed by atoms with Crippen molar-refractivity contribution in [3.05, 3.63) is 76.9 Å². The number of aromatic nitrogens is 2. The number of pyridine rings is 1. The number of hydrogen-bond donors (Lipinski definition) is 0. The van der Waals surface area contributed by atoms with Crippen LogP contribution in [-0.2, 0) is 6.42 Å². The predicted octanol–water partition coefficient (Wildman–Crippen LogP) is 5.60. The van der Waals surface area contributed by atoms with Gasteiger partial charge in [0.15, 0.2) is 11.4 Å². The Labute approximate surface area is 174 Å². The maximum absolute atomic E-state index is 12.7. The van der Waals surface area contributed by atoms with Gasteiger partial charge in [-0.2, -0.15) is 5.26 Å². The number of rotatable bonds is 6. The minimum Gasteiger partial charge on any atom is -0.293 e. The van der Waals surface area contributed by atoms with Crippen LogP contribution in [0.3, 0.4) is 0 Å². The molecule has 0 saturated carbocycles. The minimum absolute atomic E-state index is 0.0950. The van der Waals surface area contributed by atoms with E-state index < -0.39 is 0 Å². The molecule has 0 unspecified atom stereocenters. The number of aryl methyl sites for hydroxylation is 2. The highest BCUT2D eigenvalue weighted by Gasteiger charge is 2.16. The molecule has 0 amide bonds. The van der Waals surface area contributed by atoms with Gasteiger partial charge in [0.25, 0.3) is 0 Å². The van der Waals surface area contributed by atoms with E-state index in [2.05, 4.69) is 18.0 Å². The van der Waals surface area contributed by atoms with Crippen LogP contribution in [0.5, 0.6) is 0 Å². The van der Waals surface area contributed by atoms with E-state index in [4.69, 9.17) is 0 Å². The Morgan fingerprint density at radius 1 is 1.17 bits per heavy atom. The van der Waals surface area contributed by atoms with Crippen LogP contribution >= 0.6 is 11.8 Å². The molecule has 0 saturated heterocycles. The van der Waals surface area contributed by atoms with Gasteiger partial charge in [-0.05, 0) is 42.7 Å². The van der Waals surface area contributed by atoms with Gasteiger partial charge in [0.05, 0.1) is 27.4 Å². The molecule has 0 radical (unpaired) electrons. The number of nitriles is 1. The lowest BCUT2D eigenvalue weighted by atomic mass is 10.1. The molecular formula is C24H21N3OS. The molecule has 0 aliphatic carbocycles. The molecule has 0 N–H and O–H groups in total. The van der Waals surface area contributed by atoms with E-state index in [0.29, 0.717) is 17.0 Å². The van der Waals surface area contributed by atoms with Crippen molar-refractivity contribution in [1.82, 2.24) is 9.38 Å². The van der Waals surface area contributed by atoms with Crippen LogP contribution in [0.1, 0.15) is 40.4 Å². The molecule has 4 nitrogen and oxygen atoms in total. The van der Waals surface area contributed by atoms with Gasteiger partial charge in [-0.3, -0.25) is 9.20 Å². The maximum Gasteiger partial charge on any atom is 0.173 e. The Balaban J connectivity index is 1.67. The molecule has 0 aliphatic rings. The summed E-state index contributed by atoms with van der Waals surface area (Å²) < 4.78 is 1.99. The fourth-order valence-corrected chi connectivity index (χ4v) is 4.55. The van der Waals surface area contributed by atoms with E-state index in [1.165, 1.54) is 17.3 Å². The fourth-order valence-electron chi connectivity index (χ4n) is 3.53. The molecule has 4 aromatic rings. The van der Waals surface area contributed by atoms with Crippen LogP contribution in [0.25, 0.3) is 16.7 Å². The third kappa shape index (κ3) is 3.64. The lowest BCUT2D eigenvalue weighted by Gasteiger charge is -2.10. The highest BCUT2D eigenvalue weighted by Crippen LogP contribution is 2.29. The molecule has 2 aromatic heterocycles. The largest absolute Gasteiger partial charge is 0.293 e. The van der Waals surface area contributed by atoms with Gasteiger partial charge < -0.3 is 0 Å². The third-order valence-electron chi connectivity index (χ3n) is 5.02. The zero-order chi connectivity index (χ0) is 20.4. The van der Waals surface area contributed by atoms with Crippen LogP contribution in [0.2, 0.25) is 0 Å². The second-order valence-corrected chi connectivity index (χ2v) is 8.07. The van der Waals surface area contributed by atoms with E-state index in [9.17, 15) is 10.1 Å². The number of thioether (sulfide) groups is 1. The smallest absolute Gasteiger partial charge is 0.173 e. The zero-order valence-corrected chi connectivity index (χ0v) is 17.3. The average molecular weight is 400 g/mol. The van der Waals surface area contributed by atoms with Crippen molar-refractivity contribution in [1.29, 1.82) is 5.26 Å². The van der Waals surface area contributed by atoms with Gasteiger partial charge in [-0.25, -0.2) is 4.98 Å². The monoisotopic (exact) mass is 399 g/mol. The molecule has 5 heteroatoms. The first-order valence-corrected chi connectivity index (χ1v) is 10.7. The first-order chi connectivity index (χ1) is 14.1. The molecule has 0 aliphatic heterocycles. The zero-order valence-electron chi connectivity index (χ0n) is 16.5. The summed E-state index contributed by atoms with van der Waals surface area (Å²) in [5.74, 6) is 0.428. The predicted molar refractivity (Wildman–Crippen MR) is 118 cm³/mol. The van der Waals surface area contributed by atoms with Crippen LogP contribution in [-0.4, -0.2) is 20.9 Å². The van der Waals surface area contributed by atoms with Gasteiger partial charge in [0.2, 0.25) is 0 Å². The highest BCUT2D eigenvalue weighted by atomic mass is 32.2. The van der Waals surface area contributed by atoms with Crippen LogP contribution in [0, 0.1) is 18.3 Å². The van der Waals surface area contributed by atoms with Gasteiger partial charge in [0.1, 0.15) is 6.07 Å². The quantitative estimate of drug-likeness (QED) is 0.313. The Kier molecular flexibility index (Phi) is 5.37. The van der Waals surface area contributed by atoms with Gasteiger partial charge in [-0.1, -0.05) is 61.5 Å². The van der Waals surface area contributed by atoms with Crippen LogP contribution in [0.15, 0.2) is 59.6 Å². The second-order valence-electron chi connectivity index (χ2n) is 7.07. The number of carbonyl (C=O) groups excluding carboxylic acids is 1. The van der Waals surface area contributed by atoms with Gasteiger partial charge in [0, 0.05) is 5.56 Å². The van der Waals surface area contributed by atoms with Crippen molar-refractivity contribution in [3.63, 3.8) is 0 Å². The second kappa shape index (κ2) is 8.10. The molecule has 29 heavy (non-hydrogen) atoms. The third-order valence-corrected chi connectivity index (χ3v) is 6.02. The highest BCUT2D eigenvalue weighted by molar-refractivity contribution is 8.00. The number of carbonyl (C=O) groups is 1. The number of imidazole rings is 1. The standard InChI is InChI=1S/C24H21N3OS/c1-3-6-17-9-11-18(12-10-17)22(28)15-29-23-13-16(2)19(14-25)24-26-20-7-4-5-8-21(20)27(23)24/h4-5,7-13H,3,6,15H2,1-2H3. The number of nitrogens with zero attached hydrogens (tertiary/aromatic N) is 3. The lowest BCUT2D eigenvalue weighted by molar-refractivity contribution is 0.102. The first kappa shape index (κ1) is 19.2. The van der Waals surface area contributed by atoms with E-state index in [1.807, 2.05) is 65.9 Å². The van der Waals surface area contributed by atoms with Crippen molar-refractivity contribution < 1.29 is 4.79 Å². The summed E-state index contributed by atoms with van der Waals surface area (Å²) in [7, 11) is 0.